The van der Waals surface area contributed by atoms with E-state index in [-0.39, 0.29) is 0 Å². The number of nitrogens with zero attached hydrogens (tertiary/aromatic N) is 5. The Morgan fingerprint density at radius 3 is 2.58 bits per heavy atom. The SMILES string of the molecule is CC(C)CC(CN=C(N)N1CCN(c2nccs2)CC1)N1CCOCC1. The highest BCUT2D eigenvalue weighted by Gasteiger charge is 2.23. The molecule has 2 aliphatic rings. The van der Waals surface area contributed by atoms with E-state index in [0.29, 0.717) is 17.9 Å². The fraction of sp³-hybridized carbons (Fsp3) is 0.778. The van der Waals surface area contributed by atoms with Crippen molar-refractivity contribution in [1.82, 2.24) is 14.8 Å². The lowest BCUT2D eigenvalue weighted by Crippen LogP contribution is -2.51. The summed E-state index contributed by atoms with van der Waals surface area (Å²) in [5.74, 6) is 1.34. The molecule has 1 aromatic rings. The number of aliphatic imine (C=N–C) groups is 1. The van der Waals surface area contributed by atoms with Crippen molar-refractivity contribution in [3.8, 4) is 0 Å². The highest BCUT2D eigenvalue weighted by Crippen LogP contribution is 2.19. The van der Waals surface area contributed by atoms with Gasteiger partial charge in [-0.1, -0.05) is 13.8 Å². The van der Waals surface area contributed by atoms with Crippen molar-refractivity contribution in [2.24, 2.45) is 16.6 Å². The average Bonchev–Trinajstić information content (AvgIpc) is 3.20. The Hall–Kier alpha value is -1.38. The fourth-order valence-electron chi connectivity index (χ4n) is 3.62. The number of aromatic nitrogens is 1. The van der Waals surface area contributed by atoms with E-state index in [0.717, 1.165) is 70.6 Å². The Bertz CT molecular complexity index is 550. The van der Waals surface area contributed by atoms with Gasteiger partial charge in [-0.15, -0.1) is 11.3 Å². The first kappa shape index (κ1) is 19.4. The number of piperazine rings is 1. The summed E-state index contributed by atoms with van der Waals surface area (Å²) in [7, 11) is 0. The van der Waals surface area contributed by atoms with E-state index in [1.54, 1.807) is 11.3 Å². The second-order valence-electron chi connectivity index (χ2n) is 7.42. The maximum Gasteiger partial charge on any atom is 0.191 e. The van der Waals surface area contributed by atoms with Gasteiger partial charge in [0.15, 0.2) is 11.1 Å². The third-order valence-electron chi connectivity index (χ3n) is 5.06. The lowest BCUT2D eigenvalue weighted by molar-refractivity contribution is 0.0142. The van der Waals surface area contributed by atoms with E-state index in [1.165, 1.54) is 0 Å². The van der Waals surface area contributed by atoms with Gasteiger partial charge in [0, 0.05) is 56.9 Å². The zero-order chi connectivity index (χ0) is 18.4. The molecule has 0 aliphatic carbocycles. The zero-order valence-electron chi connectivity index (χ0n) is 16.0. The first-order valence-electron chi connectivity index (χ1n) is 9.64. The molecule has 3 rings (SSSR count). The van der Waals surface area contributed by atoms with Gasteiger partial charge in [0.2, 0.25) is 0 Å². The van der Waals surface area contributed by atoms with E-state index < -0.39 is 0 Å². The summed E-state index contributed by atoms with van der Waals surface area (Å²) in [4.78, 5) is 16.2. The fourth-order valence-corrected chi connectivity index (χ4v) is 4.32. The Balaban J connectivity index is 1.52. The lowest BCUT2D eigenvalue weighted by Gasteiger charge is -2.36. The van der Waals surface area contributed by atoms with Gasteiger partial charge >= 0.3 is 0 Å². The first-order chi connectivity index (χ1) is 12.6. The van der Waals surface area contributed by atoms with Crippen molar-refractivity contribution in [2.45, 2.75) is 26.3 Å². The van der Waals surface area contributed by atoms with Crippen LogP contribution in [0.5, 0.6) is 0 Å². The number of ether oxygens (including phenoxy) is 1. The molecular formula is C18H32N6OS. The van der Waals surface area contributed by atoms with Crippen molar-refractivity contribution in [3.63, 3.8) is 0 Å². The van der Waals surface area contributed by atoms with Crippen LogP contribution in [0.25, 0.3) is 0 Å². The van der Waals surface area contributed by atoms with Crippen LogP contribution in [0.3, 0.4) is 0 Å². The minimum Gasteiger partial charge on any atom is -0.379 e. The van der Waals surface area contributed by atoms with Gasteiger partial charge in [-0.05, 0) is 12.3 Å². The summed E-state index contributed by atoms with van der Waals surface area (Å²) in [6, 6.07) is 0.453. The van der Waals surface area contributed by atoms with Crippen LogP contribution in [0.1, 0.15) is 20.3 Å². The van der Waals surface area contributed by atoms with Gasteiger partial charge in [-0.25, -0.2) is 4.98 Å². The van der Waals surface area contributed by atoms with Gasteiger partial charge in [0.1, 0.15) is 0 Å². The number of guanidine groups is 1. The second kappa shape index (κ2) is 9.53. The van der Waals surface area contributed by atoms with Gasteiger partial charge in [-0.2, -0.15) is 0 Å². The van der Waals surface area contributed by atoms with E-state index >= 15 is 0 Å². The molecule has 2 fully saturated rings. The molecule has 8 heteroatoms. The first-order valence-corrected chi connectivity index (χ1v) is 10.5. The van der Waals surface area contributed by atoms with Crippen LogP contribution in [0.2, 0.25) is 0 Å². The molecule has 2 aliphatic heterocycles. The van der Waals surface area contributed by atoms with Crippen LogP contribution in [0, 0.1) is 5.92 Å². The number of hydrogen-bond donors (Lipinski definition) is 1. The Kier molecular flexibility index (Phi) is 7.10. The zero-order valence-corrected chi connectivity index (χ0v) is 16.8. The predicted molar refractivity (Wildman–Crippen MR) is 108 cm³/mol. The number of hydrogen-bond acceptors (Lipinski definition) is 6. The van der Waals surface area contributed by atoms with Gasteiger partial charge in [0.05, 0.1) is 19.8 Å². The predicted octanol–water partition coefficient (Wildman–Crippen LogP) is 1.33. The van der Waals surface area contributed by atoms with E-state index in [4.69, 9.17) is 15.5 Å². The van der Waals surface area contributed by atoms with E-state index in [2.05, 4.69) is 33.5 Å². The number of anilines is 1. The molecule has 0 spiro atoms. The monoisotopic (exact) mass is 380 g/mol. The second-order valence-corrected chi connectivity index (χ2v) is 8.29. The van der Waals surface area contributed by atoms with Crippen LogP contribution in [-0.4, -0.2) is 85.8 Å². The van der Waals surface area contributed by atoms with Gasteiger partial charge in [0.25, 0.3) is 0 Å². The third-order valence-corrected chi connectivity index (χ3v) is 5.90. The number of rotatable bonds is 6. The molecular weight excluding hydrogens is 348 g/mol. The van der Waals surface area contributed by atoms with E-state index in [9.17, 15) is 0 Å². The average molecular weight is 381 g/mol. The Morgan fingerprint density at radius 1 is 1.23 bits per heavy atom. The molecule has 1 atom stereocenters. The minimum absolute atomic E-state index is 0.453. The molecule has 1 unspecified atom stereocenters. The highest BCUT2D eigenvalue weighted by atomic mass is 32.1. The maximum atomic E-state index is 6.32. The third kappa shape index (κ3) is 5.31. The quantitative estimate of drug-likeness (QED) is 0.593. The standard InChI is InChI=1S/C18H32N6OS/c1-15(2)13-16(22-8-10-25-11-9-22)14-21-17(19)23-4-6-24(7-5-23)18-20-3-12-26-18/h3,12,15-16H,4-11,13-14H2,1-2H3,(H2,19,21). The van der Waals surface area contributed by atoms with Crippen molar-refractivity contribution >= 4 is 22.4 Å². The van der Waals surface area contributed by atoms with E-state index in [1.807, 2.05) is 11.6 Å². The molecule has 0 amide bonds. The molecule has 0 saturated carbocycles. The van der Waals surface area contributed by atoms with Crippen LogP contribution >= 0.6 is 11.3 Å². The highest BCUT2D eigenvalue weighted by molar-refractivity contribution is 7.13. The Labute approximate surface area is 160 Å². The molecule has 0 radical (unpaired) electrons. The maximum absolute atomic E-state index is 6.32. The molecule has 0 aromatic carbocycles. The molecule has 146 valence electrons. The van der Waals surface area contributed by atoms with Crippen LogP contribution in [0.4, 0.5) is 5.13 Å². The molecule has 3 heterocycles. The summed E-state index contributed by atoms with van der Waals surface area (Å²) < 4.78 is 5.50. The van der Waals surface area contributed by atoms with Crippen molar-refractivity contribution < 1.29 is 4.74 Å². The molecule has 26 heavy (non-hydrogen) atoms. The van der Waals surface area contributed by atoms with Crippen molar-refractivity contribution in [3.05, 3.63) is 11.6 Å². The number of thiazole rings is 1. The van der Waals surface area contributed by atoms with Gasteiger partial charge in [-0.3, -0.25) is 9.89 Å². The summed E-state index contributed by atoms with van der Waals surface area (Å²) in [5, 5.41) is 3.13. The largest absolute Gasteiger partial charge is 0.379 e. The molecule has 1 aromatic heterocycles. The smallest absolute Gasteiger partial charge is 0.191 e. The summed E-state index contributed by atoms with van der Waals surface area (Å²) in [6.45, 7) is 12.7. The summed E-state index contributed by atoms with van der Waals surface area (Å²) >= 11 is 1.69. The van der Waals surface area contributed by atoms with Gasteiger partial charge < -0.3 is 20.3 Å². The number of morpholine rings is 1. The Morgan fingerprint density at radius 2 is 1.96 bits per heavy atom. The minimum atomic E-state index is 0.453. The summed E-state index contributed by atoms with van der Waals surface area (Å²) in [6.07, 6.45) is 3.01. The summed E-state index contributed by atoms with van der Waals surface area (Å²) in [5.41, 5.74) is 6.32. The molecule has 2 N–H and O–H groups in total. The van der Waals surface area contributed by atoms with Crippen LogP contribution < -0.4 is 10.6 Å². The van der Waals surface area contributed by atoms with Crippen LogP contribution in [-0.2, 0) is 4.74 Å². The van der Waals surface area contributed by atoms with Crippen molar-refractivity contribution in [2.75, 3.05) is 63.9 Å². The molecule has 0 bridgehead atoms. The lowest BCUT2D eigenvalue weighted by atomic mass is 10.0. The normalized spacial score (nSPS) is 21.4. The topological polar surface area (TPSA) is 70.2 Å². The van der Waals surface area contributed by atoms with Crippen LogP contribution in [0.15, 0.2) is 16.6 Å². The molecule has 7 nitrogen and oxygen atoms in total. The molecule has 2 saturated heterocycles. The number of nitrogens with two attached hydrogens (primary N) is 1. The van der Waals surface area contributed by atoms with Crippen molar-refractivity contribution in [1.29, 1.82) is 0 Å².